The van der Waals surface area contributed by atoms with E-state index in [1.54, 1.807) is 0 Å². The lowest BCUT2D eigenvalue weighted by molar-refractivity contribution is 0.0723. The maximum absolute atomic E-state index is 12.9. The van der Waals surface area contributed by atoms with E-state index in [1.807, 2.05) is 20.8 Å². The Morgan fingerprint density at radius 3 is 2.65 bits per heavy atom. The van der Waals surface area contributed by atoms with Gasteiger partial charge in [0.25, 0.3) is 0 Å². The van der Waals surface area contributed by atoms with Crippen molar-refractivity contribution in [3.63, 3.8) is 0 Å². The number of aromatic amines is 1. The average molecular weight is 320 g/mol. The minimum atomic E-state index is -0.215. The Hall–Kier alpha value is -1.46. The van der Waals surface area contributed by atoms with Gasteiger partial charge in [-0.1, -0.05) is 0 Å². The first-order valence-corrected chi connectivity index (χ1v) is 8.46. The summed E-state index contributed by atoms with van der Waals surface area (Å²) in [4.78, 5) is 29.9. The van der Waals surface area contributed by atoms with Crippen molar-refractivity contribution in [1.82, 2.24) is 9.88 Å². The summed E-state index contributed by atoms with van der Waals surface area (Å²) in [5.74, 6) is 0.495. The molecule has 0 aromatic carbocycles. The number of carbonyl (C=O) groups excluding carboxylic acids is 2. The molecule has 1 aromatic rings. The van der Waals surface area contributed by atoms with E-state index < -0.39 is 0 Å². The number of aliphatic hydroxyl groups excluding tert-OH is 1. The van der Waals surface area contributed by atoms with Crippen LogP contribution in [0.25, 0.3) is 0 Å². The highest BCUT2D eigenvalue weighted by atomic mass is 16.3. The summed E-state index contributed by atoms with van der Waals surface area (Å²) in [5.41, 5.74) is 2.72. The summed E-state index contributed by atoms with van der Waals surface area (Å²) in [6.45, 7) is 9.11. The van der Waals surface area contributed by atoms with Gasteiger partial charge in [0.2, 0.25) is 0 Å². The molecule has 1 aromatic heterocycles. The highest BCUT2D eigenvalue weighted by Gasteiger charge is 2.30. The lowest BCUT2D eigenvalue weighted by Gasteiger charge is -2.36. The van der Waals surface area contributed by atoms with Crippen molar-refractivity contribution in [3.8, 4) is 0 Å². The molecule has 0 bridgehead atoms. The Morgan fingerprint density at radius 2 is 2.09 bits per heavy atom. The van der Waals surface area contributed by atoms with Gasteiger partial charge in [0.05, 0.1) is 11.7 Å². The maximum atomic E-state index is 12.9. The number of Topliss-reactive ketones (excluding diaryl/α,β-unsaturated/α-hetero) is 2. The summed E-state index contributed by atoms with van der Waals surface area (Å²) in [6, 6.07) is -0.215. The number of aliphatic hydroxyl groups is 1. The zero-order chi connectivity index (χ0) is 17.1. The molecule has 2 N–H and O–H groups in total. The Kier molecular flexibility index (Phi) is 5.76. The van der Waals surface area contributed by atoms with E-state index in [-0.39, 0.29) is 24.2 Å². The van der Waals surface area contributed by atoms with Gasteiger partial charge >= 0.3 is 0 Å². The molecule has 0 saturated carbocycles. The number of aromatic nitrogens is 1. The van der Waals surface area contributed by atoms with Crippen molar-refractivity contribution in [1.29, 1.82) is 0 Å². The molecule has 5 nitrogen and oxygen atoms in total. The quantitative estimate of drug-likeness (QED) is 0.790. The zero-order valence-electron chi connectivity index (χ0n) is 14.6. The topological polar surface area (TPSA) is 73.4 Å². The minimum absolute atomic E-state index is 0.0102. The molecule has 0 amide bonds. The van der Waals surface area contributed by atoms with Crippen LogP contribution in [0.4, 0.5) is 0 Å². The standard InChI is InChI=1S/C18H28N2O3/c1-11-16(14(4)22)12(2)19-17(11)18(23)13(3)20-8-5-6-15(10-20)7-9-21/h13,15,19,21H,5-10H2,1-4H3. The number of H-pyrrole nitrogens is 1. The summed E-state index contributed by atoms with van der Waals surface area (Å²) < 4.78 is 0. The van der Waals surface area contributed by atoms with Crippen LogP contribution in [0.5, 0.6) is 0 Å². The summed E-state index contributed by atoms with van der Waals surface area (Å²) in [7, 11) is 0. The molecule has 2 unspecified atom stereocenters. The first-order valence-electron chi connectivity index (χ1n) is 8.46. The molecular weight excluding hydrogens is 292 g/mol. The lowest BCUT2D eigenvalue weighted by atomic mass is 9.93. The van der Waals surface area contributed by atoms with Crippen LogP contribution >= 0.6 is 0 Å². The molecule has 23 heavy (non-hydrogen) atoms. The molecule has 2 atom stereocenters. The highest BCUT2D eigenvalue weighted by Crippen LogP contribution is 2.24. The van der Waals surface area contributed by atoms with Gasteiger partial charge in [-0.05, 0) is 65.0 Å². The van der Waals surface area contributed by atoms with Gasteiger partial charge < -0.3 is 10.1 Å². The third-order valence-electron chi connectivity index (χ3n) is 5.05. The van der Waals surface area contributed by atoms with Crippen molar-refractivity contribution >= 4 is 11.6 Å². The van der Waals surface area contributed by atoms with Crippen LogP contribution < -0.4 is 0 Å². The first kappa shape index (κ1) is 17.9. The number of aryl methyl sites for hydroxylation is 1. The largest absolute Gasteiger partial charge is 0.396 e. The van der Waals surface area contributed by atoms with E-state index in [0.29, 0.717) is 17.2 Å². The van der Waals surface area contributed by atoms with Crippen molar-refractivity contribution < 1.29 is 14.7 Å². The summed E-state index contributed by atoms with van der Waals surface area (Å²) >= 11 is 0. The van der Waals surface area contributed by atoms with E-state index in [9.17, 15) is 9.59 Å². The van der Waals surface area contributed by atoms with Crippen molar-refractivity contribution in [2.24, 2.45) is 5.92 Å². The molecular formula is C18H28N2O3. The van der Waals surface area contributed by atoms with Gasteiger partial charge in [-0.3, -0.25) is 14.5 Å². The molecule has 128 valence electrons. The third-order valence-corrected chi connectivity index (χ3v) is 5.05. The van der Waals surface area contributed by atoms with Gasteiger partial charge in [-0.25, -0.2) is 0 Å². The van der Waals surface area contributed by atoms with Crippen molar-refractivity contribution in [2.45, 2.75) is 53.0 Å². The smallest absolute Gasteiger partial charge is 0.196 e. The predicted molar refractivity (Wildman–Crippen MR) is 90.1 cm³/mol. The second-order valence-electron chi connectivity index (χ2n) is 6.74. The molecule has 2 rings (SSSR count). The SMILES string of the molecule is CC(=O)c1c(C)[nH]c(C(=O)C(C)N2CCCC(CCO)C2)c1C. The number of nitrogens with zero attached hydrogens (tertiary/aromatic N) is 1. The number of rotatable bonds is 6. The molecule has 0 radical (unpaired) electrons. The number of carbonyl (C=O) groups is 2. The number of nitrogens with one attached hydrogen (secondary N) is 1. The van der Waals surface area contributed by atoms with Crippen LogP contribution in [0, 0.1) is 19.8 Å². The fourth-order valence-electron chi connectivity index (χ4n) is 3.77. The zero-order valence-corrected chi connectivity index (χ0v) is 14.6. The van der Waals surface area contributed by atoms with E-state index in [2.05, 4.69) is 9.88 Å². The Bertz CT molecular complexity index is 589. The van der Waals surface area contributed by atoms with Crippen molar-refractivity contribution in [3.05, 3.63) is 22.5 Å². The second kappa shape index (κ2) is 7.41. The molecule has 0 spiro atoms. The fraction of sp³-hybridized carbons (Fsp3) is 0.667. The molecule has 1 saturated heterocycles. The van der Waals surface area contributed by atoms with E-state index in [4.69, 9.17) is 5.11 Å². The van der Waals surface area contributed by atoms with Gasteiger partial charge in [0.1, 0.15) is 0 Å². The van der Waals surface area contributed by atoms with Crippen LogP contribution in [0.15, 0.2) is 0 Å². The predicted octanol–water partition coefficient (Wildman–Crippen LogP) is 2.50. The summed E-state index contributed by atoms with van der Waals surface area (Å²) in [6.07, 6.45) is 2.98. The average Bonchev–Trinajstić information content (AvgIpc) is 2.81. The Labute approximate surface area is 138 Å². The maximum Gasteiger partial charge on any atom is 0.196 e. The third kappa shape index (κ3) is 3.72. The number of ketones is 2. The molecule has 1 aliphatic heterocycles. The number of hydrogen-bond acceptors (Lipinski definition) is 4. The minimum Gasteiger partial charge on any atom is -0.396 e. The molecule has 0 aliphatic carbocycles. The van der Waals surface area contributed by atoms with Crippen LogP contribution in [-0.2, 0) is 0 Å². The Morgan fingerprint density at radius 1 is 1.39 bits per heavy atom. The lowest BCUT2D eigenvalue weighted by Crippen LogP contribution is -2.45. The van der Waals surface area contributed by atoms with Crippen molar-refractivity contribution in [2.75, 3.05) is 19.7 Å². The highest BCUT2D eigenvalue weighted by molar-refractivity contribution is 6.05. The Balaban J connectivity index is 2.17. The van der Waals surface area contributed by atoms with Gasteiger partial charge in [0, 0.05) is 24.4 Å². The second-order valence-corrected chi connectivity index (χ2v) is 6.74. The first-order chi connectivity index (χ1) is 10.9. The summed E-state index contributed by atoms with van der Waals surface area (Å²) in [5, 5.41) is 9.13. The normalized spacial score (nSPS) is 20.5. The number of likely N-dealkylation sites (tertiary alicyclic amines) is 1. The van der Waals surface area contributed by atoms with Crippen LogP contribution in [-0.4, -0.2) is 52.3 Å². The monoisotopic (exact) mass is 320 g/mol. The van der Waals surface area contributed by atoms with Gasteiger partial charge in [-0.2, -0.15) is 0 Å². The molecule has 5 heteroatoms. The van der Waals surface area contributed by atoms with E-state index in [0.717, 1.165) is 43.6 Å². The van der Waals surface area contributed by atoms with Gasteiger partial charge in [-0.15, -0.1) is 0 Å². The molecule has 1 fully saturated rings. The number of piperidine rings is 1. The number of hydrogen-bond donors (Lipinski definition) is 2. The van der Waals surface area contributed by atoms with Crippen LogP contribution in [0.3, 0.4) is 0 Å². The van der Waals surface area contributed by atoms with E-state index in [1.165, 1.54) is 6.92 Å². The molecule has 2 heterocycles. The van der Waals surface area contributed by atoms with Crippen LogP contribution in [0.2, 0.25) is 0 Å². The fourth-order valence-corrected chi connectivity index (χ4v) is 3.77. The van der Waals surface area contributed by atoms with E-state index >= 15 is 0 Å². The molecule has 1 aliphatic rings. The van der Waals surface area contributed by atoms with Crippen LogP contribution in [0.1, 0.15) is 65.2 Å². The van der Waals surface area contributed by atoms with Gasteiger partial charge in [0.15, 0.2) is 11.6 Å².